The van der Waals surface area contributed by atoms with Gasteiger partial charge in [0.2, 0.25) is 0 Å². The van der Waals surface area contributed by atoms with Gasteiger partial charge in [0.05, 0.1) is 0 Å². The highest BCUT2D eigenvalue weighted by Gasteiger charge is 2.55. The van der Waals surface area contributed by atoms with Crippen LogP contribution in [0.1, 0.15) is 72.1 Å². The summed E-state index contributed by atoms with van der Waals surface area (Å²) in [4.78, 5) is 0. The number of allylic oxidation sites excluding steroid dienone is 4. The molecule has 3 fully saturated rings. The SMILES string of the molecule is C=C1CCC2(C(=C)C)C(C1)CC(=C)C(C1CCCC1C(=C)C)C2CC. The average molecular weight is 339 g/mol. The Balaban J connectivity index is 2.02. The summed E-state index contributed by atoms with van der Waals surface area (Å²) >= 11 is 0. The third-order valence-corrected chi connectivity index (χ3v) is 8.13. The predicted molar refractivity (Wildman–Crippen MR) is 110 cm³/mol. The van der Waals surface area contributed by atoms with Crippen LogP contribution in [0.15, 0.2) is 48.6 Å². The lowest BCUT2D eigenvalue weighted by Crippen LogP contribution is -2.51. The van der Waals surface area contributed by atoms with Crippen molar-refractivity contribution in [3.05, 3.63) is 48.6 Å². The summed E-state index contributed by atoms with van der Waals surface area (Å²) in [6.45, 7) is 24.8. The molecule has 6 unspecified atom stereocenters. The molecule has 0 amide bonds. The molecular weight excluding hydrogens is 300 g/mol. The lowest BCUT2D eigenvalue weighted by atomic mass is 9.45. The van der Waals surface area contributed by atoms with Gasteiger partial charge in [-0.3, -0.25) is 0 Å². The van der Waals surface area contributed by atoms with Gasteiger partial charge in [0.15, 0.2) is 0 Å². The van der Waals surface area contributed by atoms with E-state index in [9.17, 15) is 0 Å². The highest BCUT2D eigenvalue weighted by atomic mass is 14.6. The molecule has 25 heavy (non-hydrogen) atoms. The standard InChI is InChI=1S/C25H38/c1-8-23-24(22-11-9-10-21(22)16(2)3)19(7)15-20-14-18(6)12-13-25(20,23)17(4)5/h20-24H,2,4,6-15H2,1,3,5H3. The van der Waals surface area contributed by atoms with Gasteiger partial charge in [-0.15, -0.1) is 0 Å². The molecule has 3 rings (SSSR count). The van der Waals surface area contributed by atoms with Gasteiger partial charge in [0, 0.05) is 0 Å². The van der Waals surface area contributed by atoms with Gasteiger partial charge in [-0.1, -0.05) is 68.4 Å². The van der Waals surface area contributed by atoms with Crippen LogP contribution >= 0.6 is 0 Å². The Morgan fingerprint density at radius 2 is 1.84 bits per heavy atom. The Bertz CT molecular complexity index is 591. The van der Waals surface area contributed by atoms with Crippen molar-refractivity contribution in [2.45, 2.75) is 72.1 Å². The summed E-state index contributed by atoms with van der Waals surface area (Å²) in [5.41, 5.74) is 6.11. The van der Waals surface area contributed by atoms with Crippen molar-refractivity contribution >= 4 is 0 Å². The van der Waals surface area contributed by atoms with Crippen molar-refractivity contribution in [1.82, 2.24) is 0 Å². The van der Waals surface area contributed by atoms with Crippen LogP contribution in [-0.2, 0) is 0 Å². The maximum absolute atomic E-state index is 4.65. The third-order valence-electron chi connectivity index (χ3n) is 8.13. The van der Waals surface area contributed by atoms with Crippen LogP contribution in [0, 0.1) is 35.0 Å². The van der Waals surface area contributed by atoms with Gasteiger partial charge in [-0.25, -0.2) is 0 Å². The van der Waals surface area contributed by atoms with Gasteiger partial charge in [-0.2, -0.15) is 0 Å². The maximum Gasteiger partial charge on any atom is -0.00222 e. The number of hydrogen-bond donors (Lipinski definition) is 0. The van der Waals surface area contributed by atoms with Crippen molar-refractivity contribution in [2.24, 2.45) is 35.0 Å². The second kappa shape index (κ2) is 6.93. The van der Waals surface area contributed by atoms with E-state index in [2.05, 4.69) is 47.1 Å². The molecule has 0 aromatic rings. The first-order valence-corrected chi connectivity index (χ1v) is 10.5. The molecule has 0 spiro atoms. The first kappa shape index (κ1) is 18.7. The first-order chi connectivity index (χ1) is 11.8. The topological polar surface area (TPSA) is 0 Å². The maximum atomic E-state index is 4.65. The van der Waals surface area contributed by atoms with E-state index in [1.54, 1.807) is 0 Å². The van der Waals surface area contributed by atoms with E-state index in [0.717, 1.165) is 5.92 Å². The summed E-state index contributed by atoms with van der Waals surface area (Å²) in [5.74, 6) is 3.51. The van der Waals surface area contributed by atoms with Crippen LogP contribution in [0.3, 0.4) is 0 Å². The summed E-state index contributed by atoms with van der Waals surface area (Å²) in [5, 5.41) is 0. The molecule has 0 saturated heterocycles. The molecule has 0 heteroatoms. The quantitative estimate of drug-likeness (QED) is 0.465. The number of hydrogen-bond acceptors (Lipinski definition) is 0. The molecule has 0 bridgehead atoms. The molecule has 0 aromatic carbocycles. The summed E-state index contributed by atoms with van der Waals surface area (Å²) in [6.07, 6.45) is 10.1. The summed E-state index contributed by atoms with van der Waals surface area (Å²) < 4.78 is 0. The fourth-order valence-electron chi connectivity index (χ4n) is 7.15. The second-order valence-electron chi connectivity index (χ2n) is 9.42. The molecule has 0 nitrogen and oxygen atoms in total. The molecule has 6 atom stereocenters. The second-order valence-corrected chi connectivity index (χ2v) is 9.42. The Labute approximate surface area is 156 Å². The van der Waals surface area contributed by atoms with Crippen LogP contribution in [0.2, 0.25) is 0 Å². The van der Waals surface area contributed by atoms with Crippen LogP contribution in [0.25, 0.3) is 0 Å². The zero-order chi connectivity index (χ0) is 18.4. The minimum Gasteiger partial charge on any atom is -0.0999 e. The Hall–Kier alpha value is -1.04. The highest BCUT2D eigenvalue weighted by Crippen LogP contribution is 2.64. The molecule has 0 radical (unpaired) electrons. The lowest BCUT2D eigenvalue weighted by Gasteiger charge is -2.59. The van der Waals surface area contributed by atoms with Crippen LogP contribution in [0.4, 0.5) is 0 Å². The molecule has 0 aromatic heterocycles. The van der Waals surface area contributed by atoms with E-state index in [1.807, 2.05) is 0 Å². The van der Waals surface area contributed by atoms with E-state index in [0.29, 0.717) is 29.1 Å². The van der Waals surface area contributed by atoms with Crippen molar-refractivity contribution in [1.29, 1.82) is 0 Å². The normalized spacial score (nSPS) is 41.5. The van der Waals surface area contributed by atoms with Crippen molar-refractivity contribution < 1.29 is 0 Å². The molecule has 0 heterocycles. The van der Waals surface area contributed by atoms with Gasteiger partial charge in [0.1, 0.15) is 0 Å². The van der Waals surface area contributed by atoms with Gasteiger partial charge in [0.25, 0.3) is 0 Å². The van der Waals surface area contributed by atoms with Gasteiger partial charge in [-0.05, 0) is 87.4 Å². The minimum absolute atomic E-state index is 0.310. The first-order valence-electron chi connectivity index (χ1n) is 10.5. The van der Waals surface area contributed by atoms with E-state index in [-0.39, 0.29) is 0 Å². The molecular formula is C25H38. The largest absolute Gasteiger partial charge is 0.0999 e. The lowest BCUT2D eigenvalue weighted by molar-refractivity contribution is -0.00312. The van der Waals surface area contributed by atoms with Crippen molar-refractivity contribution in [2.75, 3.05) is 0 Å². The monoisotopic (exact) mass is 338 g/mol. The van der Waals surface area contributed by atoms with E-state index < -0.39 is 0 Å². The Morgan fingerprint density at radius 3 is 2.44 bits per heavy atom. The summed E-state index contributed by atoms with van der Waals surface area (Å²) in [6, 6.07) is 0. The van der Waals surface area contributed by atoms with Crippen LogP contribution < -0.4 is 0 Å². The number of rotatable bonds is 4. The Morgan fingerprint density at radius 1 is 1.12 bits per heavy atom. The van der Waals surface area contributed by atoms with E-state index >= 15 is 0 Å². The van der Waals surface area contributed by atoms with E-state index in [4.69, 9.17) is 0 Å². The average Bonchev–Trinajstić information content (AvgIpc) is 3.02. The highest BCUT2D eigenvalue weighted by molar-refractivity contribution is 5.28. The minimum atomic E-state index is 0.310. The van der Waals surface area contributed by atoms with E-state index in [1.165, 1.54) is 73.7 Å². The predicted octanol–water partition coefficient (Wildman–Crippen LogP) is 7.50. The molecule has 0 aliphatic heterocycles. The fourth-order valence-corrected chi connectivity index (χ4v) is 7.15. The smallest absolute Gasteiger partial charge is 0.00222 e. The zero-order valence-electron chi connectivity index (χ0n) is 16.9. The molecule has 138 valence electrons. The number of fused-ring (bicyclic) bond motifs is 1. The molecule has 3 aliphatic rings. The van der Waals surface area contributed by atoms with Crippen molar-refractivity contribution in [3.63, 3.8) is 0 Å². The molecule has 3 saturated carbocycles. The van der Waals surface area contributed by atoms with Crippen LogP contribution in [0.5, 0.6) is 0 Å². The molecule has 3 aliphatic carbocycles. The third kappa shape index (κ3) is 2.90. The summed E-state index contributed by atoms with van der Waals surface area (Å²) in [7, 11) is 0. The van der Waals surface area contributed by atoms with Crippen LogP contribution in [-0.4, -0.2) is 0 Å². The van der Waals surface area contributed by atoms with Gasteiger partial charge >= 0.3 is 0 Å². The fraction of sp³-hybridized carbons (Fsp3) is 0.680. The zero-order valence-corrected chi connectivity index (χ0v) is 16.9. The Kier molecular flexibility index (Phi) is 5.20. The van der Waals surface area contributed by atoms with Gasteiger partial charge < -0.3 is 0 Å². The molecule has 0 N–H and O–H groups in total. The van der Waals surface area contributed by atoms with Crippen molar-refractivity contribution in [3.8, 4) is 0 Å².